The van der Waals surface area contributed by atoms with Crippen LogP contribution in [0, 0.1) is 0 Å². The van der Waals surface area contributed by atoms with Crippen molar-refractivity contribution in [2.24, 2.45) is 0 Å². The second-order valence-electron chi connectivity index (χ2n) is 3.98. The van der Waals surface area contributed by atoms with Gasteiger partial charge in [0, 0.05) is 12.6 Å². The molecule has 76 valence electrons. The van der Waals surface area contributed by atoms with Crippen molar-refractivity contribution in [1.29, 1.82) is 0 Å². The van der Waals surface area contributed by atoms with Crippen molar-refractivity contribution in [2.75, 3.05) is 19.8 Å². The fourth-order valence-electron chi connectivity index (χ4n) is 1.68. The second kappa shape index (κ2) is 3.64. The minimum absolute atomic E-state index is 0.180. The third kappa shape index (κ3) is 2.00. The van der Waals surface area contributed by atoms with Crippen LogP contribution >= 0.6 is 0 Å². The highest BCUT2D eigenvalue weighted by atomic mass is 16.5. The third-order valence-corrected chi connectivity index (χ3v) is 2.61. The lowest BCUT2D eigenvalue weighted by Gasteiger charge is -2.42. The summed E-state index contributed by atoms with van der Waals surface area (Å²) in [4.78, 5) is 13.0. The Labute approximate surface area is 78.5 Å². The zero-order chi connectivity index (χ0) is 10.1. The maximum atomic E-state index is 11.0. The number of carboxylic acids is 1. The van der Waals surface area contributed by atoms with E-state index in [9.17, 15) is 4.79 Å². The van der Waals surface area contributed by atoms with Gasteiger partial charge in [-0.2, -0.15) is 0 Å². The van der Waals surface area contributed by atoms with Gasteiger partial charge < -0.3 is 9.84 Å². The molecule has 0 aromatic rings. The van der Waals surface area contributed by atoms with Crippen LogP contribution in [0.1, 0.15) is 20.8 Å². The van der Waals surface area contributed by atoms with Crippen molar-refractivity contribution in [3.05, 3.63) is 0 Å². The molecule has 1 saturated heterocycles. The Morgan fingerprint density at radius 1 is 1.62 bits per heavy atom. The number of hydrogen-bond donors (Lipinski definition) is 1. The van der Waals surface area contributed by atoms with Crippen LogP contribution in [0.25, 0.3) is 0 Å². The first-order valence-corrected chi connectivity index (χ1v) is 4.54. The van der Waals surface area contributed by atoms with Crippen LogP contribution in [0.2, 0.25) is 0 Å². The quantitative estimate of drug-likeness (QED) is 0.686. The number of carboxylic acid groups (broad SMARTS) is 1. The molecule has 1 N–H and O–H groups in total. The minimum Gasteiger partial charge on any atom is -0.480 e. The van der Waals surface area contributed by atoms with Gasteiger partial charge in [0.2, 0.25) is 0 Å². The molecule has 4 nitrogen and oxygen atoms in total. The van der Waals surface area contributed by atoms with Gasteiger partial charge >= 0.3 is 5.97 Å². The van der Waals surface area contributed by atoms with Gasteiger partial charge in [-0.25, -0.2) is 0 Å². The number of rotatable bonds is 2. The predicted molar refractivity (Wildman–Crippen MR) is 48.7 cm³/mol. The van der Waals surface area contributed by atoms with E-state index < -0.39 is 11.5 Å². The smallest absolute Gasteiger partial charge is 0.323 e. The number of hydrogen-bond acceptors (Lipinski definition) is 3. The van der Waals surface area contributed by atoms with Crippen molar-refractivity contribution in [2.45, 2.75) is 32.4 Å². The van der Waals surface area contributed by atoms with Crippen LogP contribution in [-0.4, -0.2) is 47.3 Å². The monoisotopic (exact) mass is 187 g/mol. The Balaban J connectivity index is 2.73. The van der Waals surface area contributed by atoms with E-state index in [1.165, 1.54) is 0 Å². The summed E-state index contributed by atoms with van der Waals surface area (Å²) in [6.07, 6.45) is 0. The van der Waals surface area contributed by atoms with Crippen molar-refractivity contribution >= 4 is 5.97 Å². The molecule has 0 bridgehead atoms. The van der Waals surface area contributed by atoms with Crippen molar-refractivity contribution in [3.63, 3.8) is 0 Å². The number of nitrogens with zero attached hydrogens (tertiary/aromatic N) is 1. The largest absolute Gasteiger partial charge is 0.480 e. The van der Waals surface area contributed by atoms with Gasteiger partial charge in [-0.1, -0.05) is 0 Å². The van der Waals surface area contributed by atoms with Gasteiger partial charge in [-0.05, 0) is 20.8 Å². The predicted octanol–water partition coefficient (Wildman–Crippen LogP) is 0.570. The maximum absolute atomic E-state index is 11.0. The zero-order valence-corrected chi connectivity index (χ0v) is 8.41. The van der Waals surface area contributed by atoms with Gasteiger partial charge in [0.15, 0.2) is 0 Å². The molecular weight excluding hydrogens is 170 g/mol. The van der Waals surface area contributed by atoms with E-state index in [0.717, 1.165) is 0 Å². The molecule has 0 aliphatic carbocycles. The topological polar surface area (TPSA) is 49.8 Å². The van der Waals surface area contributed by atoms with Gasteiger partial charge in [-0.15, -0.1) is 0 Å². The number of morpholine rings is 1. The molecule has 1 aliphatic heterocycles. The number of aliphatic carboxylic acids is 1. The zero-order valence-electron chi connectivity index (χ0n) is 8.41. The maximum Gasteiger partial charge on any atom is 0.323 e. The van der Waals surface area contributed by atoms with E-state index in [4.69, 9.17) is 9.84 Å². The Morgan fingerprint density at radius 2 is 2.23 bits per heavy atom. The molecule has 1 aliphatic rings. The van der Waals surface area contributed by atoms with Gasteiger partial charge in [-0.3, -0.25) is 9.69 Å². The van der Waals surface area contributed by atoms with E-state index in [1.54, 1.807) is 13.8 Å². The molecule has 1 unspecified atom stereocenters. The molecular formula is C9H17NO3. The first kappa shape index (κ1) is 10.5. The molecule has 0 spiro atoms. The van der Waals surface area contributed by atoms with Crippen LogP contribution in [0.3, 0.4) is 0 Å². The molecule has 1 atom stereocenters. The summed E-state index contributed by atoms with van der Waals surface area (Å²) in [5.74, 6) is -0.777. The van der Waals surface area contributed by atoms with E-state index >= 15 is 0 Å². The summed E-state index contributed by atoms with van der Waals surface area (Å²) in [5.41, 5.74) is -0.788. The van der Waals surface area contributed by atoms with Gasteiger partial charge in [0.1, 0.15) is 5.54 Å². The molecule has 0 saturated carbocycles. The molecule has 1 heterocycles. The van der Waals surface area contributed by atoms with Crippen molar-refractivity contribution in [3.8, 4) is 0 Å². The van der Waals surface area contributed by atoms with Crippen LogP contribution in [0.15, 0.2) is 0 Å². The van der Waals surface area contributed by atoms with Crippen molar-refractivity contribution in [1.82, 2.24) is 4.90 Å². The van der Waals surface area contributed by atoms with E-state index in [1.807, 2.05) is 11.8 Å². The minimum atomic E-state index is -0.788. The standard InChI is InChI=1S/C9H17NO3/c1-7-6-13-5-4-10(7)9(2,3)8(11)12/h7H,4-6H2,1-3H3,(H,11,12). The van der Waals surface area contributed by atoms with Gasteiger partial charge in [0.05, 0.1) is 13.2 Å². The summed E-state index contributed by atoms with van der Waals surface area (Å²) in [7, 11) is 0. The third-order valence-electron chi connectivity index (χ3n) is 2.61. The summed E-state index contributed by atoms with van der Waals surface area (Å²) in [6.45, 7) is 7.40. The average molecular weight is 187 g/mol. The first-order valence-electron chi connectivity index (χ1n) is 4.54. The molecule has 0 aromatic carbocycles. The fourth-order valence-corrected chi connectivity index (χ4v) is 1.68. The molecule has 0 radical (unpaired) electrons. The Morgan fingerprint density at radius 3 is 2.69 bits per heavy atom. The summed E-state index contributed by atoms with van der Waals surface area (Å²) >= 11 is 0. The van der Waals surface area contributed by atoms with Gasteiger partial charge in [0.25, 0.3) is 0 Å². The van der Waals surface area contributed by atoms with Crippen LogP contribution in [0.4, 0.5) is 0 Å². The summed E-state index contributed by atoms with van der Waals surface area (Å²) < 4.78 is 5.25. The highest BCUT2D eigenvalue weighted by Crippen LogP contribution is 2.20. The number of ether oxygens (including phenoxy) is 1. The summed E-state index contributed by atoms with van der Waals surface area (Å²) in [6, 6.07) is 0.180. The van der Waals surface area contributed by atoms with E-state index in [2.05, 4.69) is 0 Å². The van der Waals surface area contributed by atoms with E-state index in [0.29, 0.717) is 19.8 Å². The fraction of sp³-hybridized carbons (Fsp3) is 0.889. The normalized spacial score (nSPS) is 25.9. The molecule has 13 heavy (non-hydrogen) atoms. The van der Waals surface area contributed by atoms with Crippen LogP contribution < -0.4 is 0 Å². The second-order valence-corrected chi connectivity index (χ2v) is 3.98. The lowest BCUT2D eigenvalue weighted by molar-refractivity contribution is -0.155. The molecule has 1 rings (SSSR count). The van der Waals surface area contributed by atoms with Crippen LogP contribution in [-0.2, 0) is 9.53 Å². The lowest BCUT2D eigenvalue weighted by atomic mass is 10.0. The Kier molecular flexibility index (Phi) is 2.93. The van der Waals surface area contributed by atoms with Crippen LogP contribution in [0.5, 0.6) is 0 Å². The highest BCUT2D eigenvalue weighted by Gasteiger charge is 2.38. The molecule has 1 fully saturated rings. The SMILES string of the molecule is CC1COCCN1C(C)(C)C(=O)O. The lowest BCUT2D eigenvalue weighted by Crippen LogP contribution is -2.58. The molecule has 4 heteroatoms. The molecule has 0 aromatic heterocycles. The summed E-state index contributed by atoms with van der Waals surface area (Å²) in [5, 5.41) is 9.03. The Hall–Kier alpha value is -0.610. The van der Waals surface area contributed by atoms with Crippen molar-refractivity contribution < 1.29 is 14.6 Å². The Bertz CT molecular complexity index is 203. The van der Waals surface area contributed by atoms with E-state index in [-0.39, 0.29) is 6.04 Å². The highest BCUT2D eigenvalue weighted by molar-refractivity contribution is 5.77. The molecule has 0 amide bonds. The first-order chi connectivity index (χ1) is 5.96. The number of carbonyl (C=O) groups is 1. The average Bonchev–Trinajstić information content (AvgIpc) is 2.04.